The Morgan fingerprint density at radius 3 is 2.67 bits per heavy atom. The van der Waals surface area contributed by atoms with E-state index in [2.05, 4.69) is 65.7 Å². The van der Waals surface area contributed by atoms with Gasteiger partial charge in [-0.15, -0.1) is 0 Å². The van der Waals surface area contributed by atoms with Gasteiger partial charge in [-0.1, -0.05) is 42.5 Å². The molecular formula is C19H24N2. The van der Waals surface area contributed by atoms with E-state index in [4.69, 9.17) is 0 Å². The summed E-state index contributed by atoms with van der Waals surface area (Å²) in [5.74, 6) is 0. The molecule has 3 rings (SSSR count). The summed E-state index contributed by atoms with van der Waals surface area (Å²) in [6.07, 6.45) is 2.29. The van der Waals surface area contributed by atoms with Gasteiger partial charge in [0.25, 0.3) is 0 Å². The summed E-state index contributed by atoms with van der Waals surface area (Å²) in [5, 5.41) is 3.34. The second-order valence-corrected chi connectivity index (χ2v) is 5.97. The number of likely N-dealkylation sites (N-methyl/N-ethyl adjacent to an activating group) is 1. The minimum absolute atomic E-state index is 0.527. The molecule has 0 bridgehead atoms. The molecule has 2 heteroatoms. The summed E-state index contributed by atoms with van der Waals surface area (Å²) in [5.41, 5.74) is 5.87. The van der Waals surface area contributed by atoms with Crippen LogP contribution < -0.4 is 10.2 Å². The van der Waals surface area contributed by atoms with E-state index in [0.29, 0.717) is 6.04 Å². The van der Waals surface area contributed by atoms with Crippen molar-refractivity contribution in [1.82, 2.24) is 5.32 Å². The molecule has 0 radical (unpaired) electrons. The first-order valence-corrected chi connectivity index (χ1v) is 7.85. The van der Waals surface area contributed by atoms with E-state index in [1.165, 1.54) is 23.2 Å². The van der Waals surface area contributed by atoms with Gasteiger partial charge in [-0.05, 0) is 49.6 Å². The lowest BCUT2D eigenvalue weighted by Crippen LogP contribution is -2.24. The van der Waals surface area contributed by atoms with E-state index >= 15 is 0 Å². The molecule has 1 unspecified atom stereocenters. The average Bonchev–Trinajstić information content (AvgIpc) is 2.92. The molecule has 0 aliphatic carbocycles. The van der Waals surface area contributed by atoms with Crippen LogP contribution in [0.15, 0.2) is 48.5 Å². The van der Waals surface area contributed by atoms with Crippen LogP contribution in [0.3, 0.4) is 0 Å². The number of rotatable bonds is 5. The quantitative estimate of drug-likeness (QED) is 0.903. The van der Waals surface area contributed by atoms with Crippen molar-refractivity contribution in [3.8, 4) is 0 Å². The largest absolute Gasteiger partial charge is 0.367 e. The van der Waals surface area contributed by atoms with Crippen LogP contribution in [0.2, 0.25) is 0 Å². The van der Waals surface area contributed by atoms with Crippen LogP contribution in [0.1, 0.15) is 23.6 Å². The minimum atomic E-state index is 0.527. The lowest BCUT2D eigenvalue weighted by Gasteiger charge is -2.20. The molecule has 1 aliphatic heterocycles. The Labute approximate surface area is 127 Å². The topological polar surface area (TPSA) is 15.3 Å². The molecule has 0 aromatic heterocycles. The monoisotopic (exact) mass is 280 g/mol. The second kappa shape index (κ2) is 6.31. The van der Waals surface area contributed by atoms with Crippen molar-refractivity contribution in [3.05, 3.63) is 65.2 Å². The maximum atomic E-state index is 3.34. The van der Waals surface area contributed by atoms with E-state index in [-0.39, 0.29) is 0 Å². The first kappa shape index (κ1) is 14.2. The molecule has 0 saturated heterocycles. The van der Waals surface area contributed by atoms with E-state index in [1.54, 1.807) is 5.56 Å². The predicted molar refractivity (Wildman–Crippen MR) is 89.9 cm³/mol. The number of nitrogens with zero attached hydrogens (tertiary/aromatic N) is 1. The van der Waals surface area contributed by atoms with Crippen molar-refractivity contribution >= 4 is 5.69 Å². The lowest BCUT2D eigenvalue weighted by molar-refractivity contribution is 0.606. The zero-order valence-corrected chi connectivity index (χ0v) is 13.0. The summed E-state index contributed by atoms with van der Waals surface area (Å²) in [7, 11) is 2.04. The van der Waals surface area contributed by atoms with Crippen molar-refractivity contribution in [2.24, 2.45) is 0 Å². The van der Waals surface area contributed by atoms with E-state index < -0.39 is 0 Å². The van der Waals surface area contributed by atoms with Crippen molar-refractivity contribution in [2.75, 3.05) is 18.5 Å². The number of nitrogens with one attached hydrogen (secondary N) is 1. The molecule has 1 aliphatic rings. The van der Waals surface area contributed by atoms with Crippen LogP contribution in [0, 0.1) is 0 Å². The third-order valence-corrected chi connectivity index (χ3v) is 4.46. The maximum Gasteiger partial charge on any atom is 0.0429 e. The van der Waals surface area contributed by atoms with Gasteiger partial charge in [0, 0.05) is 24.8 Å². The zero-order valence-electron chi connectivity index (χ0n) is 13.0. The molecule has 2 aromatic carbocycles. The van der Waals surface area contributed by atoms with Gasteiger partial charge >= 0.3 is 0 Å². The highest BCUT2D eigenvalue weighted by Gasteiger charge is 2.21. The smallest absolute Gasteiger partial charge is 0.0429 e. The van der Waals surface area contributed by atoms with Crippen LogP contribution in [-0.2, 0) is 19.4 Å². The minimum Gasteiger partial charge on any atom is -0.367 e. The van der Waals surface area contributed by atoms with Gasteiger partial charge in [0.1, 0.15) is 0 Å². The summed E-state index contributed by atoms with van der Waals surface area (Å²) in [6, 6.07) is 18.1. The molecule has 110 valence electrons. The standard InChI is InChI=1S/C19H24N2/c1-15(20-2)13-17-9-6-10-19-18(17)11-12-21(19)14-16-7-4-3-5-8-16/h3-10,15,20H,11-14H2,1-2H3. The number of benzene rings is 2. The Morgan fingerprint density at radius 2 is 1.90 bits per heavy atom. The number of fused-ring (bicyclic) bond motifs is 1. The Hall–Kier alpha value is -1.80. The van der Waals surface area contributed by atoms with Crippen molar-refractivity contribution in [1.29, 1.82) is 0 Å². The molecule has 0 spiro atoms. The van der Waals surface area contributed by atoms with Crippen molar-refractivity contribution in [2.45, 2.75) is 32.4 Å². The fourth-order valence-electron chi connectivity index (χ4n) is 3.16. The molecule has 0 fully saturated rings. The molecule has 21 heavy (non-hydrogen) atoms. The van der Waals surface area contributed by atoms with E-state index in [9.17, 15) is 0 Å². The van der Waals surface area contributed by atoms with Crippen molar-refractivity contribution < 1.29 is 0 Å². The van der Waals surface area contributed by atoms with Gasteiger partial charge in [-0.3, -0.25) is 0 Å². The van der Waals surface area contributed by atoms with Crippen LogP contribution in [0.25, 0.3) is 0 Å². The Kier molecular flexibility index (Phi) is 4.26. The fourth-order valence-corrected chi connectivity index (χ4v) is 3.16. The van der Waals surface area contributed by atoms with Gasteiger partial charge in [0.05, 0.1) is 0 Å². The summed E-state index contributed by atoms with van der Waals surface area (Å²) in [4.78, 5) is 2.51. The third-order valence-electron chi connectivity index (χ3n) is 4.46. The van der Waals surface area contributed by atoms with Gasteiger partial charge < -0.3 is 10.2 Å². The first-order valence-electron chi connectivity index (χ1n) is 7.85. The lowest BCUT2D eigenvalue weighted by atomic mass is 9.99. The molecule has 1 heterocycles. The molecule has 1 N–H and O–H groups in total. The summed E-state index contributed by atoms with van der Waals surface area (Å²) < 4.78 is 0. The number of anilines is 1. The van der Waals surface area contributed by atoms with Crippen LogP contribution in [0.4, 0.5) is 5.69 Å². The first-order chi connectivity index (χ1) is 10.3. The fraction of sp³-hybridized carbons (Fsp3) is 0.368. The molecule has 2 aromatic rings. The molecule has 0 saturated carbocycles. The maximum absolute atomic E-state index is 3.34. The van der Waals surface area contributed by atoms with Gasteiger partial charge in [-0.2, -0.15) is 0 Å². The highest BCUT2D eigenvalue weighted by atomic mass is 15.1. The predicted octanol–water partition coefficient (Wildman–Crippen LogP) is 3.40. The second-order valence-electron chi connectivity index (χ2n) is 5.97. The molecular weight excluding hydrogens is 256 g/mol. The van der Waals surface area contributed by atoms with Crippen molar-refractivity contribution in [3.63, 3.8) is 0 Å². The number of hydrogen-bond acceptors (Lipinski definition) is 2. The summed E-state index contributed by atoms with van der Waals surface area (Å²) in [6.45, 7) is 4.39. The Bertz CT molecular complexity index is 592. The highest BCUT2D eigenvalue weighted by Crippen LogP contribution is 2.32. The van der Waals surface area contributed by atoms with Crippen LogP contribution in [0.5, 0.6) is 0 Å². The summed E-state index contributed by atoms with van der Waals surface area (Å²) >= 11 is 0. The van der Waals surface area contributed by atoms with E-state index in [0.717, 1.165) is 19.5 Å². The van der Waals surface area contributed by atoms with Gasteiger partial charge in [0.15, 0.2) is 0 Å². The van der Waals surface area contributed by atoms with Crippen LogP contribution >= 0.6 is 0 Å². The molecule has 2 nitrogen and oxygen atoms in total. The third kappa shape index (κ3) is 3.11. The molecule has 1 atom stereocenters. The van der Waals surface area contributed by atoms with Crippen LogP contribution in [-0.4, -0.2) is 19.6 Å². The highest BCUT2D eigenvalue weighted by molar-refractivity contribution is 5.61. The zero-order chi connectivity index (χ0) is 14.7. The number of hydrogen-bond donors (Lipinski definition) is 1. The van der Waals surface area contributed by atoms with Gasteiger partial charge in [0.2, 0.25) is 0 Å². The van der Waals surface area contributed by atoms with E-state index in [1.807, 2.05) is 7.05 Å². The van der Waals surface area contributed by atoms with Gasteiger partial charge in [-0.25, -0.2) is 0 Å². The SMILES string of the molecule is CNC(C)Cc1cccc2c1CCN2Cc1ccccc1. The Morgan fingerprint density at radius 1 is 1.10 bits per heavy atom. The normalized spacial score (nSPS) is 15.0. The Balaban J connectivity index is 1.81. The average molecular weight is 280 g/mol. The molecule has 0 amide bonds.